The van der Waals surface area contributed by atoms with Gasteiger partial charge < -0.3 is 4.90 Å². The van der Waals surface area contributed by atoms with Gasteiger partial charge in [-0.15, -0.1) is 24.2 Å². The zero-order chi connectivity index (χ0) is 9.97. The summed E-state index contributed by atoms with van der Waals surface area (Å²) in [6.07, 6.45) is 2.45. The summed E-state index contributed by atoms with van der Waals surface area (Å²) in [6, 6.07) is 0.0882. The third-order valence-electron chi connectivity index (χ3n) is 2.98. The van der Waals surface area contributed by atoms with Crippen molar-refractivity contribution in [1.82, 2.24) is 10.2 Å². The second kappa shape index (κ2) is 5.97. The molecule has 2 fully saturated rings. The first-order chi connectivity index (χ1) is 6.77. The SMILES string of the molecule is CC1CCCN(C(=O)[C@H]2CSCN2)C1.Cl. The highest BCUT2D eigenvalue weighted by atomic mass is 35.5. The molecule has 0 aromatic heterocycles. The van der Waals surface area contributed by atoms with Crippen LogP contribution in [-0.2, 0) is 4.79 Å². The van der Waals surface area contributed by atoms with E-state index in [1.54, 1.807) is 0 Å². The lowest BCUT2D eigenvalue weighted by molar-refractivity contribution is -0.134. The van der Waals surface area contributed by atoms with E-state index in [4.69, 9.17) is 0 Å². The van der Waals surface area contributed by atoms with Gasteiger partial charge in [0, 0.05) is 24.7 Å². The number of hydrogen-bond acceptors (Lipinski definition) is 3. The number of piperidine rings is 1. The lowest BCUT2D eigenvalue weighted by Crippen LogP contribution is -2.48. The zero-order valence-electron chi connectivity index (χ0n) is 9.07. The van der Waals surface area contributed by atoms with Crippen molar-refractivity contribution in [3.8, 4) is 0 Å². The number of thioether (sulfide) groups is 1. The van der Waals surface area contributed by atoms with Crippen LogP contribution in [0.5, 0.6) is 0 Å². The molecule has 2 rings (SSSR count). The van der Waals surface area contributed by atoms with Crippen molar-refractivity contribution < 1.29 is 4.79 Å². The van der Waals surface area contributed by atoms with Crippen molar-refractivity contribution in [1.29, 1.82) is 0 Å². The molecule has 15 heavy (non-hydrogen) atoms. The molecular formula is C10H19ClN2OS. The van der Waals surface area contributed by atoms with Crippen LogP contribution < -0.4 is 5.32 Å². The number of carbonyl (C=O) groups excluding carboxylic acids is 1. The van der Waals surface area contributed by atoms with Gasteiger partial charge in [0.1, 0.15) is 0 Å². The Bertz CT molecular complexity index is 221. The van der Waals surface area contributed by atoms with Crippen molar-refractivity contribution in [3.63, 3.8) is 0 Å². The minimum atomic E-state index is 0. The minimum Gasteiger partial charge on any atom is -0.341 e. The van der Waals surface area contributed by atoms with Crippen molar-refractivity contribution in [2.45, 2.75) is 25.8 Å². The molecule has 1 amide bonds. The maximum Gasteiger partial charge on any atom is 0.240 e. The van der Waals surface area contributed by atoms with E-state index >= 15 is 0 Å². The third kappa shape index (κ3) is 3.26. The number of rotatable bonds is 1. The summed E-state index contributed by atoms with van der Waals surface area (Å²) in [5.74, 6) is 2.88. The average Bonchev–Trinajstić information content (AvgIpc) is 2.69. The summed E-state index contributed by atoms with van der Waals surface area (Å²) in [6.45, 7) is 4.16. The first kappa shape index (κ1) is 13.1. The number of carbonyl (C=O) groups is 1. The fourth-order valence-electron chi connectivity index (χ4n) is 2.16. The standard InChI is InChI=1S/C10H18N2OS.ClH/c1-8-3-2-4-12(5-8)10(13)9-6-14-7-11-9;/h8-9,11H,2-7H2,1H3;1H/t8?,9-;/m1./s1. The van der Waals surface area contributed by atoms with Crippen LogP contribution >= 0.6 is 24.2 Å². The molecule has 88 valence electrons. The van der Waals surface area contributed by atoms with Gasteiger partial charge in [-0.05, 0) is 18.8 Å². The molecule has 2 aliphatic heterocycles. The van der Waals surface area contributed by atoms with Crippen molar-refractivity contribution in [2.24, 2.45) is 5.92 Å². The first-order valence-electron chi connectivity index (χ1n) is 5.37. The number of amides is 1. The smallest absolute Gasteiger partial charge is 0.240 e. The molecule has 0 aromatic rings. The molecule has 0 bridgehead atoms. The fraction of sp³-hybridized carbons (Fsp3) is 0.900. The summed E-state index contributed by atoms with van der Waals surface area (Å²) in [5, 5.41) is 3.24. The number of nitrogens with zero attached hydrogens (tertiary/aromatic N) is 1. The van der Waals surface area contributed by atoms with Gasteiger partial charge >= 0.3 is 0 Å². The van der Waals surface area contributed by atoms with Gasteiger partial charge in [0.25, 0.3) is 0 Å². The zero-order valence-corrected chi connectivity index (χ0v) is 10.7. The van der Waals surface area contributed by atoms with Crippen molar-refractivity contribution in [3.05, 3.63) is 0 Å². The molecule has 2 saturated heterocycles. The molecule has 0 aromatic carbocycles. The van der Waals surface area contributed by atoms with Gasteiger partial charge in [-0.2, -0.15) is 0 Å². The van der Waals surface area contributed by atoms with Crippen LogP contribution in [0.3, 0.4) is 0 Å². The van der Waals surface area contributed by atoms with E-state index in [0.717, 1.165) is 24.7 Å². The summed E-state index contributed by atoms with van der Waals surface area (Å²) in [5.41, 5.74) is 0. The van der Waals surface area contributed by atoms with Gasteiger partial charge in [0.2, 0.25) is 5.91 Å². The molecule has 0 spiro atoms. The van der Waals surface area contributed by atoms with Crippen LogP contribution in [0, 0.1) is 5.92 Å². The maximum absolute atomic E-state index is 12.0. The fourth-order valence-corrected chi connectivity index (χ4v) is 3.10. The van der Waals surface area contributed by atoms with Crippen LogP contribution in [0.1, 0.15) is 19.8 Å². The molecular weight excluding hydrogens is 232 g/mol. The lowest BCUT2D eigenvalue weighted by Gasteiger charge is -2.32. The van der Waals surface area contributed by atoms with E-state index in [-0.39, 0.29) is 18.4 Å². The number of hydrogen-bond donors (Lipinski definition) is 1. The van der Waals surface area contributed by atoms with Crippen LogP contribution in [0.15, 0.2) is 0 Å². The summed E-state index contributed by atoms with van der Waals surface area (Å²) < 4.78 is 0. The molecule has 0 aliphatic carbocycles. The molecule has 0 radical (unpaired) electrons. The van der Waals surface area contributed by atoms with Crippen molar-refractivity contribution >= 4 is 30.1 Å². The van der Waals surface area contributed by atoms with Crippen LogP contribution in [0.25, 0.3) is 0 Å². The molecule has 0 saturated carbocycles. The van der Waals surface area contributed by atoms with Gasteiger partial charge in [0.15, 0.2) is 0 Å². The van der Waals surface area contributed by atoms with Crippen LogP contribution in [0.2, 0.25) is 0 Å². The van der Waals surface area contributed by atoms with E-state index in [1.807, 2.05) is 16.7 Å². The second-order valence-electron chi connectivity index (χ2n) is 4.30. The quantitative estimate of drug-likeness (QED) is 0.762. The summed E-state index contributed by atoms with van der Waals surface area (Å²) >= 11 is 1.82. The molecule has 5 heteroatoms. The molecule has 1 unspecified atom stereocenters. The molecule has 1 N–H and O–H groups in total. The Labute approximate surface area is 102 Å². The van der Waals surface area contributed by atoms with E-state index in [9.17, 15) is 4.79 Å². The summed E-state index contributed by atoms with van der Waals surface area (Å²) in [4.78, 5) is 14.0. The predicted octanol–water partition coefficient (Wildman–Crippen LogP) is 1.33. The Balaban J connectivity index is 0.00000112. The van der Waals surface area contributed by atoms with Crippen LogP contribution in [0.4, 0.5) is 0 Å². The van der Waals surface area contributed by atoms with Gasteiger partial charge in [0.05, 0.1) is 6.04 Å². The van der Waals surface area contributed by atoms with Crippen LogP contribution in [-0.4, -0.2) is 41.6 Å². The van der Waals surface area contributed by atoms with Gasteiger partial charge in [-0.3, -0.25) is 10.1 Å². The third-order valence-corrected chi connectivity index (χ3v) is 3.92. The Morgan fingerprint density at radius 2 is 2.33 bits per heavy atom. The van der Waals surface area contributed by atoms with E-state index < -0.39 is 0 Å². The largest absolute Gasteiger partial charge is 0.341 e. The monoisotopic (exact) mass is 250 g/mol. The molecule has 3 nitrogen and oxygen atoms in total. The topological polar surface area (TPSA) is 32.3 Å². The molecule has 2 atom stereocenters. The molecule has 2 heterocycles. The van der Waals surface area contributed by atoms with E-state index in [0.29, 0.717) is 11.8 Å². The number of nitrogens with one attached hydrogen (secondary N) is 1. The lowest BCUT2D eigenvalue weighted by atomic mass is 10.00. The highest BCUT2D eigenvalue weighted by Crippen LogP contribution is 2.18. The number of halogens is 1. The maximum atomic E-state index is 12.0. The van der Waals surface area contributed by atoms with E-state index in [2.05, 4.69) is 12.2 Å². The van der Waals surface area contributed by atoms with Crippen molar-refractivity contribution in [2.75, 3.05) is 24.7 Å². The van der Waals surface area contributed by atoms with E-state index in [1.165, 1.54) is 12.8 Å². The highest BCUT2D eigenvalue weighted by molar-refractivity contribution is 7.99. The summed E-state index contributed by atoms with van der Waals surface area (Å²) in [7, 11) is 0. The first-order valence-corrected chi connectivity index (χ1v) is 6.53. The Kier molecular flexibility index (Phi) is 5.23. The minimum absolute atomic E-state index is 0. The average molecular weight is 251 g/mol. The van der Waals surface area contributed by atoms with Gasteiger partial charge in [-0.25, -0.2) is 0 Å². The second-order valence-corrected chi connectivity index (χ2v) is 5.33. The van der Waals surface area contributed by atoms with Gasteiger partial charge in [-0.1, -0.05) is 6.92 Å². The number of likely N-dealkylation sites (tertiary alicyclic amines) is 1. The normalized spacial score (nSPS) is 31.1. The predicted molar refractivity (Wildman–Crippen MR) is 66.5 cm³/mol. The Hall–Kier alpha value is 0.0700. The molecule has 2 aliphatic rings. The Morgan fingerprint density at radius 1 is 1.53 bits per heavy atom. The Morgan fingerprint density at radius 3 is 2.93 bits per heavy atom. The highest BCUT2D eigenvalue weighted by Gasteiger charge is 2.29.